The van der Waals surface area contributed by atoms with Crippen molar-refractivity contribution in [2.45, 2.75) is 16.9 Å². The Morgan fingerprint density at radius 2 is 2.19 bits per heavy atom. The Morgan fingerprint density at radius 3 is 2.76 bits per heavy atom. The van der Waals surface area contributed by atoms with Gasteiger partial charge in [-0.15, -0.1) is 0 Å². The molecule has 1 unspecified atom stereocenters. The zero-order chi connectivity index (χ0) is 15.5. The van der Waals surface area contributed by atoms with Gasteiger partial charge in [0, 0.05) is 25.5 Å². The third kappa shape index (κ3) is 3.54. The standard InChI is InChI=1S/C12H16N2O5S2/c1-19-12(6-7-20-9-12)8-13-21(17,18)11-5-3-2-4-10(11)14(15)16/h2-5,13H,6-9H2,1H3. The maximum absolute atomic E-state index is 12.3. The van der Waals surface area contributed by atoms with Gasteiger partial charge in [0.1, 0.15) is 0 Å². The number of nitro groups is 1. The second kappa shape index (κ2) is 6.30. The van der Waals surface area contributed by atoms with Gasteiger partial charge in [-0.2, -0.15) is 11.8 Å². The van der Waals surface area contributed by atoms with Crippen LogP contribution >= 0.6 is 11.8 Å². The summed E-state index contributed by atoms with van der Waals surface area (Å²) in [4.78, 5) is 9.90. The number of hydrogen-bond donors (Lipinski definition) is 1. The largest absolute Gasteiger partial charge is 0.376 e. The molecule has 116 valence electrons. The summed E-state index contributed by atoms with van der Waals surface area (Å²) in [5.74, 6) is 1.60. The molecule has 7 nitrogen and oxygen atoms in total. The Bertz CT molecular complexity index is 626. The van der Waals surface area contributed by atoms with Crippen LogP contribution in [0.2, 0.25) is 0 Å². The molecule has 1 aliphatic heterocycles. The molecule has 1 heterocycles. The third-order valence-electron chi connectivity index (χ3n) is 3.44. The number of nitro benzene ring substituents is 1. The predicted molar refractivity (Wildman–Crippen MR) is 80.0 cm³/mol. The van der Waals surface area contributed by atoms with Crippen LogP contribution < -0.4 is 4.72 Å². The van der Waals surface area contributed by atoms with Gasteiger partial charge in [-0.3, -0.25) is 10.1 Å². The van der Waals surface area contributed by atoms with Crippen molar-refractivity contribution in [2.75, 3.05) is 25.2 Å². The average molecular weight is 332 g/mol. The minimum Gasteiger partial charge on any atom is -0.376 e. The molecule has 1 atom stereocenters. The fourth-order valence-electron chi connectivity index (χ4n) is 2.10. The second-order valence-corrected chi connectivity index (χ2v) is 7.58. The lowest BCUT2D eigenvalue weighted by molar-refractivity contribution is -0.387. The van der Waals surface area contributed by atoms with Gasteiger partial charge >= 0.3 is 0 Å². The number of ether oxygens (including phenoxy) is 1. The summed E-state index contributed by atoms with van der Waals surface area (Å²) in [5.41, 5.74) is -0.973. The SMILES string of the molecule is COC1(CNS(=O)(=O)c2ccccc2[N+](=O)[O-])CCSC1. The van der Waals surface area contributed by atoms with Crippen molar-refractivity contribution >= 4 is 27.5 Å². The van der Waals surface area contributed by atoms with Crippen LogP contribution in [0.25, 0.3) is 0 Å². The monoisotopic (exact) mass is 332 g/mol. The van der Waals surface area contributed by atoms with E-state index in [-0.39, 0.29) is 11.4 Å². The van der Waals surface area contributed by atoms with E-state index < -0.39 is 26.2 Å². The third-order valence-corrected chi connectivity index (χ3v) is 6.11. The van der Waals surface area contributed by atoms with E-state index in [1.54, 1.807) is 18.9 Å². The van der Waals surface area contributed by atoms with E-state index in [2.05, 4.69) is 4.72 Å². The number of nitrogens with one attached hydrogen (secondary N) is 1. The Morgan fingerprint density at radius 1 is 1.48 bits per heavy atom. The fourth-order valence-corrected chi connectivity index (χ4v) is 4.78. The summed E-state index contributed by atoms with van der Waals surface area (Å²) >= 11 is 1.69. The molecule has 0 amide bonds. The van der Waals surface area contributed by atoms with Crippen molar-refractivity contribution in [1.29, 1.82) is 0 Å². The maximum atomic E-state index is 12.3. The number of rotatable bonds is 6. The van der Waals surface area contributed by atoms with Crippen molar-refractivity contribution in [3.05, 3.63) is 34.4 Å². The second-order valence-electron chi connectivity index (χ2n) is 4.74. The van der Waals surface area contributed by atoms with Gasteiger partial charge in [-0.05, 0) is 18.2 Å². The highest BCUT2D eigenvalue weighted by atomic mass is 32.2. The first-order chi connectivity index (χ1) is 9.90. The molecular weight excluding hydrogens is 316 g/mol. The van der Waals surface area contributed by atoms with Crippen LogP contribution in [0.5, 0.6) is 0 Å². The molecule has 0 radical (unpaired) electrons. The topological polar surface area (TPSA) is 98.5 Å². The molecule has 1 saturated heterocycles. The van der Waals surface area contributed by atoms with Gasteiger partial charge in [0.15, 0.2) is 4.90 Å². The van der Waals surface area contributed by atoms with Crippen molar-refractivity contribution < 1.29 is 18.1 Å². The Balaban J connectivity index is 2.21. The van der Waals surface area contributed by atoms with E-state index in [9.17, 15) is 18.5 Å². The van der Waals surface area contributed by atoms with Crippen molar-refractivity contribution in [2.24, 2.45) is 0 Å². The smallest absolute Gasteiger partial charge is 0.289 e. The minimum atomic E-state index is -3.95. The molecule has 1 aromatic carbocycles. The Labute approximate surface area is 127 Å². The molecule has 9 heteroatoms. The van der Waals surface area contributed by atoms with E-state index >= 15 is 0 Å². The van der Waals surface area contributed by atoms with Crippen molar-refractivity contribution in [1.82, 2.24) is 4.72 Å². The molecule has 0 bridgehead atoms. The molecule has 0 saturated carbocycles. The number of thioether (sulfide) groups is 1. The van der Waals surface area contributed by atoms with E-state index in [4.69, 9.17) is 4.74 Å². The van der Waals surface area contributed by atoms with Gasteiger partial charge in [0.2, 0.25) is 10.0 Å². The fraction of sp³-hybridized carbons (Fsp3) is 0.500. The van der Waals surface area contributed by atoms with Gasteiger partial charge in [-0.1, -0.05) is 12.1 Å². The lowest BCUT2D eigenvalue weighted by Crippen LogP contribution is -2.44. The first-order valence-corrected chi connectivity index (χ1v) is 8.90. The highest BCUT2D eigenvalue weighted by Crippen LogP contribution is 2.31. The Hall–Kier alpha value is -1.16. The van der Waals surface area contributed by atoms with E-state index in [0.717, 1.165) is 12.2 Å². The Kier molecular flexibility index (Phi) is 4.87. The normalized spacial score (nSPS) is 22.3. The van der Waals surface area contributed by atoms with Crippen LogP contribution in [-0.4, -0.2) is 44.1 Å². The molecule has 1 aliphatic rings. The van der Waals surface area contributed by atoms with Crippen LogP contribution in [0, 0.1) is 10.1 Å². The van der Waals surface area contributed by atoms with Crippen molar-refractivity contribution in [3.63, 3.8) is 0 Å². The lowest BCUT2D eigenvalue weighted by Gasteiger charge is -2.26. The summed E-state index contributed by atoms with van der Waals surface area (Å²) < 4.78 is 32.4. The van der Waals surface area contributed by atoms with Gasteiger partial charge in [-0.25, -0.2) is 13.1 Å². The predicted octanol–water partition coefficient (Wildman–Crippen LogP) is 1.40. The number of benzene rings is 1. The molecule has 1 fully saturated rings. The van der Waals surface area contributed by atoms with Crippen LogP contribution in [0.3, 0.4) is 0 Å². The molecule has 2 rings (SSSR count). The lowest BCUT2D eigenvalue weighted by atomic mass is 10.0. The number of hydrogen-bond acceptors (Lipinski definition) is 6. The van der Waals surface area contributed by atoms with E-state index in [1.165, 1.54) is 24.3 Å². The summed E-state index contributed by atoms with van der Waals surface area (Å²) in [6.45, 7) is 0.102. The summed E-state index contributed by atoms with van der Waals surface area (Å²) in [5, 5.41) is 10.9. The molecular formula is C12H16N2O5S2. The van der Waals surface area contributed by atoms with Crippen LogP contribution in [0.4, 0.5) is 5.69 Å². The zero-order valence-electron chi connectivity index (χ0n) is 11.4. The quantitative estimate of drug-likeness (QED) is 0.624. The van der Waals surface area contributed by atoms with Gasteiger partial charge in [0.05, 0.1) is 10.5 Å². The van der Waals surface area contributed by atoms with Gasteiger partial charge < -0.3 is 4.74 Å². The minimum absolute atomic E-state index is 0.102. The number of sulfonamides is 1. The number of para-hydroxylation sites is 1. The van der Waals surface area contributed by atoms with Crippen LogP contribution in [0.15, 0.2) is 29.2 Å². The molecule has 0 aromatic heterocycles. The number of nitrogens with zero attached hydrogens (tertiary/aromatic N) is 1. The number of methoxy groups -OCH3 is 1. The highest BCUT2D eigenvalue weighted by Gasteiger charge is 2.36. The summed E-state index contributed by atoms with van der Waals surface area (Å²) in [7, 11) is -2.41. The van der Waals surface area contributed by atoms with Gasteiger partial charge in [0.25, 0.3) is 5.69 Å². The average Bonchev–Trinajstić information content (AvgIpc) is 2.95. The summed E-state index contributed by atoms with van der Waals surface area (Å²) in [6.07, 6.45) is 0.744. The first kappa shape index (κ1) is 16.2. The van der Waals surface area contributed by atoms with E-state index in [0.29, 0.717) is 5.75 Å². The molecule has 0 aliphatic carbocycles. The van der Waals surface area contributed by atoms with Crippen LogP contribution in [0.1, 0.15) is 6.42 Å². The molecule has 1 aromatic rings. The zero-order valence-corrected chi connectivity index (χ0v) is 13.1. The maximum Gasteiger partial charge on any atom is 0.289 e. The molecule has 0 spiro atoms. The summed E-state index contributed by atoms with van der Waals surface area (Å²) in [6, 6.07) is 5.29. The highest BCUT2D eigenvalue weighted by molar-refractivity contribution is 7.99. The van der Waals surface area contributed by atoms with E-state index in [1.807, 2.05) is 0 Å². The molecule has 21 heavy (non-hydrogen) atoms. The first-order valence-electron chi connectivity index (χ1n) is 6.26. The van der Waals surface area contributed by atoms with Crippen molar-refractivity contribution in [3.8, 4) is 0 Å². The molecule has 1 N–H and O–H groups in total. The van der Waals surface area contributed by atoms with Crippen LogP contribution in [-0.2, 0) is 14.8 Å².